The van der Waals surface area contributed by atoms with Gasteiger partial charge in [0.1, 0.15) is 0 Å². The van der Waals surface area contributed by atoms with Gasteiger partial charge in [-0.1, -0.05) is 20.3 Å². The zero-order valence-corrected chi connectivity index (χ0v) is 13.9. The van der Waals surface area contributed by atoms with Crippen LogP contribution in [0.5, 0.6) is 0 Å². The van der Waals surface area contributed by atoms with Crippen molar-refractivity contribution in [1.29, 1.82) is 0 Å². The Kier molecular flexibility index (Phi) is 6.93. The summed E-state index contributed by atoms with van der Waals surface area (Å²) >= 11 is 0. The van der Waals surface area contributed by atoms with Gasteiger partial charge in [-0.25, -0.2) is 0 Å². The summed E-state index contributed by atoms with van der Waals surface area (Å²) in [5, 5.41) is 12.9. The summed E-state index contributed by atoms with van der Waals surface area (Å²) in [6, 6.07) is 0.575. The van der Waals surface area contributed by atoms with Crippen LogP contribution in [0.2, 0.25) is 0 Å². The molecule has 2 heterocycles. The van der Waals surface area contributed by atoms with Crippen LogP contribution in [0.1, 0.15) is 46.0 Å². The minimum absolute atomic E-state index is 0.278. The summed E-state index contributed by atoms with van der Waals surface area (Å²) in [7, 11) is 0. The van der Waals surface area contributed by atoms with Crippen molar-refractivity contribution < 1.29 is 9.84 Å². The highest BCUT2D eigenvalue weighted by Gasteiger charge is 2.38. The van der Waals surface area contributed by atoms with Crippen LogP contribution in [0.3, 0.4) is 0 Å². The molecule has 2 unspecified atom stereocenters. The van der Waals surface area contributed by atoms with E-state index in [1.807, 2.05) is 0 Å². The molecule has 0 amide bonds. The number of nitrogens with zero attached hydrogens (tertiary/aromatic N) is 1. The van der Waals surface area contributed by atoms with Crippen molar-refractivity contribution in [2.45, 2.75) is 52.0 Å². The Bertz CT molecular complexity index is 289. The van der Waals surface area contributed by atoms with E-state index in [9.17, 15) is 5.11 Å². The van der Waals surface area contributed by atoms with Gasteiger partial charge < -0.3 is 15.2 Å². The van der Waals surface area contributed by atoms with Gasteiger partial charge in [0.05, 0.1) is 6.61 Å². The fourth-order valence-electron chi connectivity index (χ4n) is 3.77. The Morgan fingerprint density at radius 3 is 2.90 bits per heavy atom. The highest BCUT2D eigenvalue weighted by atomic mass is 16.5. The molecular weight excluding hydrogens is 264 g/mol. The first-order chi connectivity index (χ1) is 10.2. The molecule has 2 saturated heterocycles. The quantitative estimate of drug-likeness (QED) is 0.718. The summed E-state index contributed by atoms with van der Waals surface area (Å²) < 4.78 is 5.74. The van der Waals surface area contributed by atoms with Gasteiger partial charge in [-0.2, -0.15) is 0 Å². The Morgan fingerprint density at radius 2 is 2.24 bits per heavy atom. The number of likely N-dealkylation sites (tertiary alicyclic amines) is 1. The van der Waals surface area contributed by atoms with Crippen molar-refractivity contribution in [2.24, 2.45) is 11.3 Å². The first kappa shape index (κ1) is 17.2. The lowest BCUT2D eigenvalue weighted by molar-refractivity contribution is 0.0549. The first-order valence-electron chi connectivity index (χ1n) is 8.78. The monoisotopic (exact) mass is 298 g/mol. The van der Waals surface area contributed by atoms with E-state index in [1.54, 1.807) is 0 Å². The predicted molar refractivity (Wildman–Crippen MR) is 86.5 cm³/mol. The minimum atomic E-state index is 0.278. The van der Waals surface area contributed by atoms with Gasteiger partial charge in [-0.05, 0) is 44.7 Å². The van der Waals surface area contributed by atoms with E-state index in [4.69, 9.17) is 4.74 Å². The maximum Gasteiger partial charge on any atom is 0.0547 e. The average Bonchev–Trinajstić information content (AvgIpc) is 2.90. The standard InChI is InChI=1S/C17H34N2O2/c1-15(2)11-18-12-17(7-10-21-14-17)13-19-8-4-3-5-16(19)6-9-20/h15-16,18,20H,3-14H2,1-2H3. The SMILES string of the molecule is CC(C)CNCC1(CN2CCCCC2CCO)CCOC1. The number of piperidine rings is 1. The van der Waals surface area contributed by atoms with E-state index in [-0.39, 0.29) is 5.41 Å². The molecule has 2 aliphatic heterocycles. The van der Waals surface area contributed by atoms with Crippen molar-refractivity contribution in [3.05, 3.63) is 0 Å². The molecule has 2 aliphatic rings. The van der Waals surface area contributed by atoms with Crippen molar-refractivity contribution >= 4 is 0 Å². The molecule has 0 radical (unpaired) electrons. The smallest absolute Gasteiger partial charge is 0.0547 e. The molecular formula is C17H34N2O2. The number of ether oxygens (including phenoxy) is 1. The molecule has 0 spiro atoms. The molecule has 21 heavy (non-hydrogen) atoms. The van der Waals surface area contributed by atoms with Gasteiger partial charge in [0, 0.05) is 37.8 Å². The molecule has 2 N–H and O–H groups in total. The first-order valence-corrected chi connectivity index (χ1v) is 8.78. The fraction of sp³-hybridized carbons (Fsp3) is 1.00. The second-order valence-electron chi connectivity index (χ2n) is 7.46. The predicted octanol–water partition coefficient (Wildman–Crippen LogP) is 1.88. The van der Waals surface area contributed by atoms with Crippen LogP contribution >= 0.6 is 0 Å². The van der Waals surface area contributed by atoms with E-state index >= 15 is 0 Å². The van der Waals surface area contributed by atoms with Crippen molar-refractivity contribution in [2.75, 3.05) is 46.0 Å². The molecule has 0 aliphatic carbocycles. The summed E-state index contributed by atoms with van der Waals surface area (Å²) in [5.74, 6) is 0.696. The van der Waals surface area contributed by atoms with Gasteiger partial charge in [-0.3, -0.25) is 4.90 Å². The third kappa shape index (κ3) is 5.20. The van der Waals surface area contributed by atoms with E-state index in [1.165, 1.54) is 32.2 Å². The highest BCUT2D eigenvalue weighted by molar-refractivity contribution is 4.91. The number of rotatable bonds is 8. The molecule has 4 nitrogen and oxygen atoms in total. The van der Waals surface area contributed by atoms with Gasteiger partial charge in [-0.15, -0.1) is 0 Å². The number of nitrogens with one attached hydrogen (secondary N) is 1. The van der Waals surface area contributed by atoms with Crippen LogP contribution in [0.25, 0.3) is 0 Å². The van der Waals surface area contributed by atoms with Crippen LogP contribution in [0.15, 0.2) is 0 Å². The van der Waals surface area contributed by atoms with Gasteiger partial charge in [0.25, 0.3) is 0 Å². The minimum Gasteiger partial charge on any atom is -0.396 e. The number of hydrogen-bond acceptors (Lipinski definition) is 4. The van der Waals surface area contributed by atoms with Gasteiger partial charge in [0.15, 0.2) is 0 Å². The average molecular weight is 298 g/mol. The van der Waals surface area contributed by atoms with Crippen molar-refractivity contribution in [3.8, 4) is 0 Å². The molecule has 0 bridgehead atoms. The third-order valence-electron chi connectivity index (χ3n) is 4.99. The fourth-order valence-corrected chi connectivity index (χ4v) is 3.77. The zero-order valence-electron chi connectivity index (χ0n) is 13.9. The Morgan fingerprint density at radius 1 is 1.38 bits per heavy atom. The van der Waals surface area contributed by atoms with E-state index in [0.717, 1.165) is 39.3 Å². The largest absolute Gasteiger partial charge is 0.396 e. The van der Waals surface area contributed by atoms with Crippen LogP contribution in [0.4, 0.5) is 0 Å². The molecule has 2 fully saturated rings. The molecule has 124 valence electrons. The normalized spacial score (nSPS) is 31.1. The number of hydrogen-bond donors (Lipinski definition) is 2. The van der Waals surface area contributed by atoms with Crippen LogP contribution in [0, 0.1) is 11.3 Å². The summed E-state index contributed by atoms with van der Waals surface area (Å²) in [6.07, 6.45) is 5.96. The number of aliphatic hydroxyl groups is 1. The lowest BCUT2D eigenvalue weighted by Gasteiger charge is -2.41. The van der Waals surface area contributed by atoms with Crippen molar-refractivity contribution in [3.63, 3.8) is 0 Å². The van der Waals surface area contributed by atoms with Gasteiger partial charge in [0.2, 0.25) is 0 Å². The molecule has 0 aromatic carbocycles. The molecule has 0 aromatic heterocycles. The van der Waals surface area contributed by atoms with Crippen LogP contribution in [-0.4, -0.2) is 62.0 Å². The zero-order chi connectivity index (χ0) is 15.1. The van der Waals surface area contributed by atoms with Crippen LogP contribution < -0.4 is 5.32 Å². The molecule has 2 rings (SSSR count). The summed E-state index contributed by atoms with van der Waals surface area (Å²) in [6.45, 7) is 11.1. The second kappa shape index (κ2) is 8.47. The topological polar surface area (TPSA) is 44.7 Å². The lowest BCUT2D eigenvalue weighted by Crippen LogP contribution is -2.50. The molecule has 2 atom stereocenters. The lowest BCUT2D eigenvalue weighted by atomic mass is 9.84. The molecule has 4 heteroatoms. The summed E-state index contributed by atoms with van der Waals surface area (Å²) in [4.78, 5) is 2.63. The van der Waals surface area contributed by atoms with Crippen molar-refractivity contribution in [1.82, 2.24) is 10.2 Å². The Labute approximate surface area is 130 Å². The van der Waals surface area contributed by atoms with E-state index in [2.05, 4.69) is 24.1 Å². The molecule has 0 saturated carbocycles. The third-order valence-corrected chi connectivity index (χ3v) is 4.99. The molecule has 0 aromatic rings. The second-order valence-corrected chi connectivity index (χ2v) is 7.46. The number of aliphatic hydroxyl groups excluding tert-OH is 1. The summed E-state index contributed by atoms with van der Waals surface area (Å²) in [5.41, 5.74) is 0.278. The maximum atomic E-state index is 9.30. The maximum absolute atomic E-state index is 9.30. The Balaban J connectivity index is 1.90. The highest BCUT2D eigenvalue weighted by Crippen LogP contribution is 2.32. The van der Waals surface area contributed by atoms with Crippen LogP contribution in [-0.2, 0) is 4.74 Å². The Hall–Kier alpha value is -0.160. The van der Waals surface area contributed by atoms with E-state index < -0.39 is 0 Å². The van der Waals surface area contributed by atoms with Gasteiger partial charge >= 0.3 is 0 Å². The van der Waals surface area contributed by atoms with E-state index in [0.29, 0.717) is 18.6 Å².